The lowest BCUT2D eigenvalue weighted by Gasteiger charge is -2.41. The third-order valence-corrected chi connectivity index (χ3v) is 5.31. The first-order valence-electron chi connectivity index (χ1n) is 9.46. The first-order chi connectivity index (χ1) is 11.4. The summed E-state index contributed by atoms with van der Waals surface area (Å²) in [6.07, 6.45) is 3.84. The largest absolute Gasteiger partial charge is 0.341 e. The maximum absolute atomic E-state index is 13.1. The average molecular weight is 338 g/mol. The summed E-state index contributed by atoms with van der Waals surface area (Å²) in [4.78, 5) is 29.5. The second-order valence-corrected chi connectivity index (χ2v) is 7.70. The van der Waals surface area contributed by atoms with Gasteiger partial charge in [-0.3, -0.25) is 9.59 Å². The summed E-state index contributed by atoms with van der Waals surface area (Å²) in [7, 11) is 0. The lowest BCUT2D eigenvalue weighted by atomic mass is 9.92. The van der Waals surface area contributed by atoms with Crippen LogP contribution in [0.25, 0.3) is 0 Å². The Balaban J connectivity index is 2.04. The van der Waals surface area contributed by atoms with Gasteiger partial charge in [0.25, 0.3) is 0 Å². The standard InChI is InChI=1S/C18H34N4O2/c1-13(2)12-16(22-11-8-20-14(3)17(22)23)18(24)21-9-5-15(4-7-19)6-10-21/h13-16,20H,4-12,19H2,1-3H3/t14-,16?/m0/s1. The van der Waals surface area contributed by atoms with Gasteiger partial charge in [-0.15, -0.1) is 0 Å². The van der Waals surface area contributed by atoms with Gasteiger partial charge in [0.15, 0.2) is 0 Å². The normalized spacial score (nSPS) is 24.5. The first-order valence-corrected chi connectivity index (χ1v) is 9.46. The highest BCUT2D eigenvalue weighted by atomic mass is 16.2. The van der Waals surface area contributed by atoms with Crippen LogP contribution in [0.5, 0.6) is 0 Å². The van der Waals surface area contributed by atoms with Crippen LogP contribution < -0.4 is 11.1 Å². The van der Waals surface area contributed by atoms with Gasteiger partial charge in [0.05, 0.1) is 6.04 Å². The maximum atomic E-state index is 13.1. The Labute approximate surface area is 146 Å². The number of piperidine rings is 1. The third-order valence-electron chi connectivity index (χ3n) is 5.31. The quantitative estimate of drug-likeness (QED) is 0.751. The molecule has 0 saturated carbocycles. The fourth-order valence-corrected chi connectivity index (χ4v) is 3.85. The van der Waals surface area contributed by atoms with E-state index in [1.54, 1.807) is 0 Å². The molecule has 1 unspecified atom stereocenters. The molecule has 0 bridgehead atoms. The van der Waals surface area contributed by atoms with E-state index in [9.17, 15) is 9.59 Å². The molecule has 2 aliphatic rings. The van der Waals surface area contributed by atoms with Gasteiger partial charge in [-0.25, -0.2) is 0 Å². The van der Waals surface area contributed by atoms with Crippen molar-refractivity contribution >= 4 is 11.8 Å². The van der Waals surface area contributed by atoms with Crippen LogP contribution >= 0.6 is 0 Å². The molecule has 0 aromatic heterocycles. The van der Waals surface area contributed by atoms with E-state index in [1.807, 2.05) is 16.7 Å². The molecule has 2 amide bonds. The van der Waals surface area contributed by atoms with E-state index < -0.39 is 0 Å². The molecule has 6 heteroatoms. The van der Waals surface area contributed by atoms with Crippen molar-refractivity contribution in [2.75, 3.05) is 32.7 Å². The molecule has 6 nitrogen and oxygen atoms in total. The number of nitrogens with two attached hydrogens (primary N) is 1. The summed E-state index contributed by atoms with van der Waals surface area (Å²) in [5.74, 6) is 1.21. The Bertz CT molecular complexity index is 433. The number of nitrogens with zero attached hydrogens (tertiary/aromatic N) is 2. The molecular weight excluding hydrogens is 304 g/mol. The fourth-order valence-electron chi connectivity index (χ4n) is 3.85. The molecule has 138 valence electrons. The van der Waals surface area contributed by atoms with Crippen molar-refractivity contribution < 1.29 is 9.59 Å². The predicted molar refractivity (Wildman–Crippen MR) is 95.4 cm³/mol. The number of nitrogens with one attached hydrogen (secondary N) is 1. The number of hydrogen-bond donors (Lipinski definition) is 2. The highest BCUT2D eigenvalue weighted by molar-refractivity contribution is 5.90. The van der Waals surface area contributed by atoms with Gasteiger partial charge >= 0.3 is 0 Å². The van der Waals surface area contributed by atoms with Gasteiger partial charge < -0.3 is 20.9 Å². The SMILES string of the molecule is CC(C)CC(C(=O)N1CCC(CCN)CC1)N1CCN[C@@H](C)C1=O. The van der Waals surface area contributed by atoms with Crippen LogP contribution in [-0.4, -0.2) is 66.4 Å². The number of carbonyl (C=O) groups excluding carboxylic acids is 2. The van der Waals surface area contributed by atoms with Gasteiger partial charge in [0.1, 0.15) is 6.04 Å². The molecule has 0 radical (unpaired) electrons. The fraction of sp³-hybridized carbons (Fsp3) is 0.889. The summed E-state index contributed by atoms with van der Waals surface area (Å²) in [6, 6.07) is -0.510. The van der Waals surface area contributed by atoms with Gasteiger partial charge in [0.2, 0.25) is 11.8 Å². The minimum absolute atomic E-state index is 0.0540. The summed E-state index contributed by atoms with van der Waals surface area (Å²) in [5.41, 5.74) is 5.65. The molecule has 0 aromatic rings. The van der Waals surface area contributed by atoms with E-state index in [-0.39, 0.29) is 23.9 Å². The van der Waals surface area contributed by atoms with Crippen LogP contribution in [0.15, 0.2) is 0 Å². The summed E-state index contributed by atoms with van der Waals surface area (Å²) >= 11 is 0. The Morgan fingerprint density at radius 1 is 1.29 bits per heavy atom. The predicted octanol–water partition coefficient (Wildman–Crippen LogP) is 0.809. The van der Waals surface area contributed by atoms with E-state index in [4.69, 9.17) is 5.73 Å². The zero-order chi connectivity index (χ0) is 17.7. The number of likely N-dealkylation sites (tertiary alicyclic amines) is 1. The van der Waals surface area contributed by atoms with E-state index in [2.05, 4.69) is 19.2 Å². The van der Waals surface area contributed by atoms with E-state index >= 15 is 0 Å². The van der Waals surface area contributed by atoms with Crippen LogP contribution in [-0.2, 0) is 9.59 Å². The molecule has 2 aliphatic heterocycles. The van der Waals surface area contributed by atoms with Gasteiger partial charge in [-0.05, 0) is 51.0 Å². The van der Waals surface area contributed by atoms with Crippen molar-refractivity contribution in [2.45, 2.75) is 58.5 Å². The van der Waals surface area contributed by atoms with Crippen molar-refractivity contribution in [2.24, 2.45) is 17.6 Å². The van der Waals surface area contributed by atoms with Crippen molar-refractivity contribution in [3.63, 3.8) is 0 Å². The lowest BCUT2D eigenvalue weighted by molar-refractivity contribution is -0.150. The highest BCUT2D eigenvalue weighted by Crippen LogP contribution is 2.23. The van der Waals surface area contributed by atoms with Crippen LogP contribution in [0, 0.1) is 11.8 Å². The number of piperazine rings is 1. The smallest absolute Gasteiger partial charge is 0.245 e. The molecule has 3 N–H and O–H groups in total. The van der Waals surface area contributed by atoms with E-state index in [1.165, 1.54) is 0 Å². The van der Waals surface area contributed by atoms with Crippen molar-refractivity contribution in [1.82, 2.24) is 15.1 Å². The van der Waals surface area contributed by atoms with Crippen molar-refractivity contribution in [3.05, 3.63) is 0 Å². The molecule has 0 aliphatic carbocycles. The number of amides is 2. The summed E-state index contributed by atoms with van der Waals surface area (Å²) in [6.45, 7) is 9.81. The van der Waals surface area contributed by atoms with Crippen LogP contribution in [0.3, 0.4) is 0 Å². The second kappa shape index (κ2) is 8.81. The molecule has 0 aromatic carbocycles. The Morgan fingerprint density at radius 2 is 1.96 bits per heavy atom. The molecule has 2 heterocycles. The first kappa shape index (κ1) is 19.2. The van der Waals surface area contributed by atoms with Crippen LogP contribution in [0.1, 0.15) is 46.5 Å². The highest BCUT2D eigenvalue weighted by Gasteiger charge is 2.37. The van der Waals surface area contributed by atoms with Crippen LogP contribution in [0.2, 0.25) is 0 Å². The monoisotopic (exact) mass is 338 g/mol. The van der Waals surface area contributed by atoms with Crippen LogP contribution in [0.4, 0.5) is 0 Å². The second-order valence-electron chi connectivity index (χ2n) is 7.70. The van der Waals surface area contributed by atoms with E-state index in [0.29, 0.717) is 18.4 Å². The van der Waals surface area contributed by atoms with E-state index in [0.717, 1.165) is 51.9 Å². The van der Waals surface area contributed by atoms with Gasteiger partial charge in [-0.2, -0.15) is 0 Å². The Morgan fingerprint density at radius 3 is 2.54 bits per heavy atom. The zero-order valence-corrected chi connectivity index (χ0v) is 15.5. The third kappa shape index (κ3) is 4.70. The van der Waals surface area contributed by atoms with Gasteiger partial charge in [0, 0.05) is 26.2 Å². The minimum atomic E-state index is -0.312. The molecule has 0 spiro atoms. The molecule has 24 heavy (non-hydrogen) atoms. The maximum Gasteiger partial charge on any atom is 0.245 e. The summed E-state index contributed by atoms with van der Waals surface area (Å²) < 4.78 is 0. The van der Waals surface area contributed by atoms with Gasteiger partial charge in [-0.1, -0.05) is 13.8 Å². The topological polar surface area (TPSA) is 78.7 Å². The molecule has 2 saturated heterocycles. The molecule has 2 rings (SSSR count). The number of hydrogen-bond acceptors (Lipinski definition) is 4. The lowest BCUT2D eigenvalue weighted by Crippen LogP contribution is -2.61. The average Bonchev–Trinajstić information content (AvgIpc) is 2.56. The zero-order valence-electron chi connectivity index (χ0n) is 15.5. The molecule has 2 fully saturated rings. The van der Waals surface area contributed by atoms with Crippen molar-refractivity contribution in [1.29, 1.82) is 0 Å². The minimum Gasteiger partial charge on any atom is -0.341 e. The number of carbonyl (C=O) groups is 2. The molecular formula is C18H34N4O2. The summed E-state index contributed by atoms with van der Waals surface area (Å²) in [5, 5.41) is 3.18. The van der Waals surface area contributed by atoms with Crippen molar-refractivity contribution in [3.8, 4) is 0 Å². The Kier molecular flexibility index (Phi) is 7.04. The Hall–Kier alpha value is -1.14. The molecule has 2 atom stereocenters. The number of rotatable bonds is 6.